The predicted octanol–water partition coefficient (Wildman–Crippen LogP) is 3.33. The molecular formula is C16H15N3O. The van der Waals surface area contributed by atoms with Crippen molar-refractivity contribution in [3.05, 3.63) is 54.7 Å². The van der Waals surface area contributed by atoms with Crippen LogP contribution in [0.15, 0.2) is 54.7 Å². The number of ether oxygens (including phenoxy) is 1. The number of nitrogens with zero attached hydrogens (tertiary/aromatic N) is 1. The molecule has 0 aliphatic rings. The number of hydrogen-bond donors (Lipinski definition) is 2. The number of benzene rings is 2. The Hall–Kier alpha value is -2.75. The van der Waals surface area contributed by atoms with Gasteiger partial charge in [-0.3, -0.25) is 5.10 Å². The number of nitrogens with two attached hydrogens (primary N) is 1. The van der Waals surface area contributed by atoms with Crippen LogP contribution in [-0.2, 0) is 0 Å². The Morgan fingerprint density at radius 3 is 2.55 bits per heavy atom. The average molecular weight is 265 g/mol. The fourth-order valence-corrected chi connectivity index (χ4v) is 2.25. The van der Waals surface area contributed by atoms with E-state index in [0.29, 0.717) is 11.4 Å². The summed E-state index contributed by atoms with van der Waals surface area (Å²) in [5.41, 5.74) is 10.7. The normalized spacial score (nSPS) is 10.4. The molecule has 2 aromatic carbocycles. The van der Waals surface area contributed by atoms with Crippen LogP contribution in [0.2, 0.25) is 0 Å². The molecule has 4 nitrogen and oxygen atoms in total. The molecule has 0 saturated heterocycles. The quantitative estimate of drug-likeness (QED) is 0.714. The zero-order chi connectivity index (χ0) is 13.9. The number of anilines is 1. The van der Waals surface area contributed by atoms with Crippen LogP contribution < -0.4 is 10.5 Å². The van der Waals surface area contributed by atoms with E-state index in [1.165, 1.54) is 0 Å². The van der Waals surface area contributed by atoms with E-state index in [1.807, 2.05) is 36.4 Å². The molecule has 0 amide bonds. The van der Waals surface area contributed by atoms with E-state index in [-0.39, 0.29) is 0 Å². The maximum absolute atomic E-state index is 5.87. The summed E-state index contributed by atoms with van der Waals surface area (Å²) in [6, 6.07) is 15.9. The van der Waals surface area contributed by atoms with Crippen molar-refractivity contribution in [3.63, 3.8) is 0 Å². The van der Waals surface area contributed by atoms with Crippen molar-refractivity contribution in [2.24, 2.45) is 0 Å². The fraction of sp³-hybridized carbons (Fsp3) is 0.0625. The Bertz CT molecular complexity index is 720. The molecule has 0 saturated carbocycles. The highest BCUT2D eigenvalue weighted by Crippen LogP contribution is 2.34. The maximum atomic E-state index is 5.87. The van der Waals surface area contributed by atoms with Gasteiger partial charge in [0.05, 0.1) is 18.5 Å². The number of methoxy groups -OCH3 is 1. The van der Waals surface area contributed by atoms with E-state index in [4.69, 9.17) is 10.5 Å². The third-order valence-electron chi connectivity index (χ3n) is 3.26. The van der Waals surface area contributed by atoms with Gasteiger partial charge in [0.25, 0.3) is 0 Å². The number of aromatic amines is 1. The zero-order valence-electron chi connectivity index (χ0n) is 11.1. The number of hydrogen-bond acceptors (Lipinski definition) is 3. The second kappa shape index (κ2) is 5.09. The van der Waals surface area contributed by atoms with Crippen molar-refractivity contribution in [1.29, 1.82) is 0 Å². The fourth-order valence-electron chi connectivity index (χ4n) is 2.25. The summed E-state index contributed by atoms with van der Waals surface area (Å²) in [7, 11) is 1.62. The summed E-state index contributed by atoms with van der Waals surface area (Å²) in [6.45, 7) is 0. The summed E-state index contributed by atoms with van der Waals surface area (Å²) in [6.07, 6.45) is 1.75. The first-order valence-corrected chi connectivity index (χ1v) is 6.32. The molecule has 3 N–H and O–H groups in total. The molecule has 3 rings (SSSR count). The summed E-state index contributed by atoms with van der Waals surface area (Å²) in [4.78, 5) is 0. The topological polar surface area (TPSA) is 63.9 Å². The first-order valence-electron chi connectivity index (χ1n) is 6.32. The average Bonchev–Trinajstić information content (AvgIpc) is 3.02. The Morgan fingerprint density at radius 1 is 1.05 bits per heavy atom. The van der Waals surface area contributed by atoms with Crippen LogP contribution in [0.5, 0.6) is 5.75 Å². The molecule has 20 heavy (non-hydrogen) atoms. The largest absolute Gasteiger partial charge is 0.495 e. The number of aromatic nitrogens is 2. The van der Waals surface area contributed by atoms with E-state index in [9.17, 15) is 0 Å². The van der Waals surface area contributed by atoms with Gasteiger partial charge in [-0.05, 0) is 29.3 Å². The highest BCUT2D eigenvalue weighted by molar-refractivity contribution is 5.83. The molecule has 0 aliphatic carbocycles. The Balaban J connectivity index is 2.16. The molecule has 0 atom stereocenters. The Kier molecular flexibility index (Phi) is 3.13. The second-order valence-electron chi connectivity index (χ2n) is 4.47. The van der Waals surface area contributed by atoms with Crippen LogP contribution in [0.3, 0.4) is 0 Å². The monoisotopic (exact) mass is 265 g/mol. The minimum Gasteiger partial charge on any atom is -0.495 e. The number of H-pyrrole nitrogens is 1. The van der Waals surface area contributed by atoms with Crippen LogP contribution in [0, 0.1) is 0 Å². The third kappa shape index (κ3) is 2.12. The van der Waals surface area contributed by atoms with Gasteiger partial charge in [-0.15, -0.1) is 0 Å². The molecule has 4 heteroatoms. The standard InChI is InChI=1S/C16H15N3O/c1-20-16-10-11(6-7-14(16)17)12-4-2-3-5-13(12)15-8-9-18-19-15/h2-10H,17H2,1H3,(H,18,19). The molecule has 0 aliphatic heterocycles. The van der Waals surface area contributed by atoms with Gasteiger partial charge in [-0.25, -0.2) is 0 Å². The van der Waals surface area contributed by atoms with Crippen LogP contribution in [0.25, 0.3) is 22.4 Å². The van der Waals surface area contributed by atoms with E-state index in [1.54, 1.807) is 13.3 Å². The maximum Gasteiger partial charge on any atom is 0.142 e. The highest BCUT2D eigenvalue weighted by atomic mass is 16.5. The van der Waals surface area contributed by atoms with Gasteiger partial charge in [0.2, 0.25) is 0 Å². The SMILES string of the molecule is COc1cc(-c2ccccc2-c2ccn[nH]2)ccc1N. The van der Waals surface area contributed by atoms with Crippen LogP contribution in [0.1, 0.15) is 0 Å². The van der Waals surface area contributed by atoms with E-state index < -0.39 is 0 Å². The molecule has 0 fully saturated rings. The van der Waals surface area contributed by atoms with Crippen LogP contribution in [-0.4, -0.2) is 17.3 Å². The smallest absolute Gasteiger partial charge is 0.142 e. The number of nitrogen functional groups attached to an aromatic ring is 1. The van der Waals surface area contributed by atoms with Crippen LogP contribution >= 0.6 is 0 Å². The zero-order valence-corrected chi connectivity index (χ0v) is 11.1. The molecule has 0 bridgehead atoms. The molecule has 1 aromatic heterocycles. The molecule has 100 valence electrons. The molecule has 0 spiro atoms. The van der Waals surface area contributed by atoms with E-state index in [0.717, 1.165) is 22.4 Å². The van der Waals surface area contributed by atoms with E-state index >= 15 is 0 Å². The highest BCUT2D eigenvalue weighted by Gasteiger charge is 2.09. The second-order valence-corrected chi connectivity index (χ2v) is 4.47. The van der Waals surface area contributed by atoms with Crippen molar-refractivity contribution >= 4 is 5.69 Å². The van der Waals surface area contributed by atoms with Crippen molar-refractivity contribution in [2.75, 3.05) is 12.8 Å². The summed E-state index contributed by atoms with van der Waals surface area (Å²) in [5.74, 6) is 0.682. The lowest BCUT2D eigenvalue weighted by atomic mass is 9.97. The summed E-state index contributed by atoms with van der Waals surface area (Å²) < 4.78 is 5.29. The van der Waals surface area contributed by atoms with E-state index in [2.05, 4.69) is 22.3 Å². The van der Waals surface area contributed by atoms with Gasteiger partial charge < -0.3 is 10.5 Å². The van der Waals surface area contributed by atoms with Crippen LogP contribution in [0.4, 0.5) is 5.69 Å². The third-order valence-corrected chi connectivity index (χ3v) is 3.26. The minimum atomic E-state index is 0.635. The lowest BCUT2D eigenvalue weighted by molar-refractivity contribution is 0.417. The molecule has 0 unspecified atom stereocenters. The first-order chi connectivity index (χ1) is 9.79. The number of nitrogens with one attached hydrogen (secondary N) is 1. The lowest BCUT2D eigenvalue weighted by Gasteiger charge is -2.11. The number of rotatable bonds is 3. The summed E-state index contributed by atoms with van der Waals surface area (Å²) >= 11 is 0. The molecule has 0 radical (unpaired) electrons. The first kappa shape index (κ1) is 12.3. The predicted molar refractivity (Wildman–Crippen MR) is 80.4 cm³/mol. The van der Waals surface area contributed by atoms with Gasteiger partial charge in [0.1, 0.15) is 5.75 Å². The lowest BCUT2D eigenvalue weighted by Crippen LogP contribution is -1.93. The van der Waals surface area contributed by atoms with Crippen molar-refractivity contribution in [1.82, 2.24) is 10.2 Å². The van der Waals surface area contributed by atoms with Gasteiger partial charge in [0.15, 0.2) is 0 Å². The van der Waals surface area contributed by atoms with Gasteiger partial charge >= 0.3 is 0 Å². The minimum absolute atomic E-state index is 0.635. The van der Waals surface area contributed by atoms with Gasteiger partial charge in [-0.2, -0.15) is 5.10 Å². The molecule has 1 heterocycles. The van der Waals surface area contributed by atoms with Crippen molar-refractivity contribution in [2.45, 2.75) is 0 Å². The summed E-state index contributed by atoms with van der Waals surface area (Å²) in [5, 5.41) is 7.01. The Morgan fingerprint density at radius 2 is 1.85 bits per heavy atom. The molecular weight excluding hydrogens is 250 g/mol. The Labute approximate surface area is 117 Å². The van der Waals surface area contributed by atoms with Crippen molar-refractivity contribution < 1.29 is 4.74 Å². The van der Waals surface area contributed by atoms with Gasteiger partial charge in [-0.1, -0.05) is 30.3 Å². The molecule has 3 aromatic rings. The van der Waals surface area contributed by atoms with Crippen molar-refractivity contribution in [3.8, 4) is 28.1 Å². The van der Waals surface area contributed by atoms with Gasteiger partial charge in [0, 0.05) is 11.8 Å².